The highest BCUT2D eigenvalue weighted by molar-refractivity contribution is 7.99. The van der Waals surface area contributed by atoms with Gasteiger partial charge in [0.25, 0.3) is 0 Å². The number of hydrogen-bond acceptors (Lipinski definition) is 7. The van der Waals surface area contributed by atoms with Gasteiger partial charge in [-0.2, -0.15) is 0 Å². The minimum absolute atomic E-state index is 0.0852. The van der Waals surface area contributed by atoms with Crippen LogP contribution in [-0.2, 0) is 27.4 Å². The zero-order chi connectivity index (χ0) is 26.6. The second-order valence-electron chi connectivity index (χ2n) is 7.51. The molecule has 0 saturated heterocycles. The quantitative estimate of drug-likeness (QED) is 0.152. The van der Waals surface area contributed by atoms with Crippen LogP contribution in [0.25, 0.3) is 6.08 Å². The van der Waals surface area contributed by atoms with Crippen molar-refractivity contribution in [2.24, 2.45) is 0 Å². The second kappa shape index (κ2) is 14.0. The summed E-state index contributed by atoms with van der Waals surface area (Å²) in [5, 5.41) is 14.9. The van der Waals surface area contributed by atoms with E-state index in [0.29, 0.717) is 40.4 Å². The highest BCUT2D eigenvalue weighted by Gasteiger charge is 2.14. The third-order valence-electron chi connectivity index (χ3n) is 4.86. The third-order valence-corrected chi connectivity index (χ3v) is 6.17. The zero-order valence-electron chi connectivity index (χ0n) is 20.1. The summed E-state index contributed by atoms with van der Waals surface area (Å²) >= 11 is 7.31. The number of amides is 2. The van der Waals surface area contributed by atoms with Crippen molar-refractivity contribution in [3.63, 3.8) is 0 Å². The Bertz CT molecular complexity index is 1290. The summed E-state index contributed by atoms with van der Waals surface area (Å²) in [6.45, 7) is 6.34. The van der Waals surface area contributed by atoms with Gasteiger partial charge >= 0.3 is 5.97 Å². The minimum atomic E-state index is -0.416. The molecule has 1 aromatic heterocycles. The fourth-order valence-electron chi connectivity index (χ4n) is 3.10. The number of hydrogen-bond donors (Lipinski definition) is 2. The summed E-state index contributed by atoms with van der Waals surface area (Å²) in [5.74, 6) is -0.364. The average molecular weight is 540 g/mol. The zero-order valence-corrected chi connectivity index (χ0v) is 21.7. The number of nitrogens with zero attached hydrogens (tertiary/aromatic N) is 3. The summed E-state index contributed by atoms with van der Waals surface area (Å²) in [7, 11) is 0. The first-order valence-electron chi connectivity index (χ1n) is 11.3. The topological polar surface area (TPSA) is 115 Å². The lowest BCUT2D eigenvalue weighted by Crippen LogP contribution is -2.23. The van der Waals surface area contributed by atoms with Crippen LogP contribution in [0.3, 0.4) is 0 Å². The van der Waals surface area contributed by atoms with Crippen LogP contribution >= 0.6 is 23.4 Å². The van der Waals surface area contributed by atoms with Gasteiger partial charge in [-0.3, -0.25) is 9.59 Å². The molecule has 0 fully saturated rings. The number of benzene rings is 2. The van der Waals surface area contributed by atoms with Crippen LogP contribution in [0.5, 0.6) is 0 Å². The number of halogens is 1. The van der Waals surface area contributed by atoms with E-state index in [-0.39, 0.29) is 24.1 Å². The first-order chi connectivity index (χ1) is 17.9. The van der Waals surface area contributed by atoms with Gasteiger partial charge in [-0.1, -0.05) is 47.6 Å². The van der Waals surface area contributed by atoms with Crippen molar-refractivity contribution in [2.75, 3.05) is 17.7 Å². The lowest BCUT2D eigenvalue weighted by Gasteiger charge is -2.09. The maximum Gasteiger partial charge on any atom is 0.338 e. The summed E-state index contributed by atoms with van der Waals surface area (Å²) in [4.78, 5) is 36.4. The molecule has 2 aromatic carbocycles. The van der Waals surface area contributed by atoms with Crippen molar-refractivity contribution in [1.82, 2.24) is 20.1 Å². The number of nitrogens with one attached hydrogen (secondary N) is 2. The number of carbonyl (C=O) groups excluding carboxylic acids is 3. The van der Waals surface area contributed by atoms with Crippen LogP contribution in [0.1, 0.15) is 28.7 Å². The van der Waals surface area contributed by atoms with Crippen LogP contribution in [-0.4, -0.2) is 44.9 Å². The average Bonchev–Trinajstić information content (AvgIpc) is 3.28. The molecule has 0 bridgehead atoms. The molecule has 0 radical (unpaired) electrons. The molecule has 37 heavy (non-hydrogen) atoms. The Balaban J connectivity index is 1.54. The molecule has 1 heterocycles. The second-order valence-corrected chi connectivity index (χ2v) is 8.86. The van der Waals surface area contributed by atoms with Gasteiger partial charge < -0.3 is 19.9 Å². The van der Waals surface area contributed by atoms with E-state index in [1.807, 2.05) is 18.2 Å². The maximum atomic E-state index is 12.4. The molecule has 3 rings (SSSR count). The van der Waals surface area contributed by atoms with Crippen molar-refractivity contribution in [2.45, 2.75) is 25.2 Å². The number of aromatic nitrogens is 3. The normalized spacial score (nSPS) is 10.8. The fourth-order valence-corrected chi connectivity index (χ4v) is 4.07. The molecule has 0 aliphatic rings. The highest BCUT2D eigenvalue weighted by Crippen LogP contribution is 2.19. The Morgan fingerprint density at radius 2 is 1.89 bits per heavy atom. The predicted octanol–water partition coefficient (Wildman–Crippen LogP) is 4.35. The van der Waals surface area contributed by atoms with Crippen molar-refractivity contribution in [1.29, 1.82) is 0 Å². The molecule has 0 aliphatic carbocycles. The summed E-state index contributed by atoms with van der Waals surface area (Å²) < 4.78 is 6.73. The largest absolute Gasteiger partial charge is 0.462 e. The number of esters is 1. The van der Waals surface area contributed by atoms with Crippen molar-refractivity contribution in [3.05, 3.63) is 89.2 Å². The molecular weight excluding hydrogens is 514 g/mol. The summed E-state index contributed by atoms with van der Waals surface area (Å²) in [6.07, 6.45) is 4.71. The van der Waals surface area contributed by atoms with Crippen LogP contribution in [0.15, 0.2) is 72.4 Å². The standard InChI is InChI=1S/C26H26ClN5O4S/c1-3-15-32-22(16-28-23(33)14-11-18-7-5-6-8-21(18)27)30-31-26(32)37-17-24(34)29-20-12-9-19(10-13-20)25(35)36-4-2/h3,5-14H,1,4,15-17H2,2H3,(H,28,33)(H,29,34)/b14-11+. The van der Waals surface area contributed by atoms with E-state index in [1.165, 1.54) is 17.8 Å². The number of carbonyl (C=O) groups is 3. The molecule has 9 nitrogen and oxygen atoms in total. The van der Waals surface area contributed by atoms with Gasteiger partial charge in [-0.05, 0) is 48.9 Å². The van der Waals surface area contributed by atoms with E-state index in [9.17, 15) is 14.4 Å². The highest BCUT2D eigenvalue weighted by atomic mass is 35.5. The molecule has 2 amide bonds. The molecule has 11 heteroatoms. The van der Waals surface area contributed by atoms with Crippen LogP contribution in [0.4, 0.5) is 5.69 Å². The maximum absolute atomic E-state index is 12.4. The lowest BCUT2D eigenvalue weighted by atomic mass is 10.2. The Morgan fingerprint density at radius 3 is 2.59 bits per heavy atom. The van der Waals surface area contributed by atoms with E-state index in [0.717, 1.165) is 5.56 Å². The molecule has 0 atom stereocenters. The molecule has 0 aliphatic heterocycles. The first-order valence-corrected chi connectivity index (χ1v) is 12.7. The third kappa shape index (κ3) is 8.33. The molecule has 192 valence electrons. The number of thioether (sulfide) groups is 1. The van der Waals surface area contributed by atoms with E-state index >= 15 is 0 Å². The number of ether oxygens (including phenoxy) is 1. The van der Waals surface area contributed by atoms with E-state index in [1.54, 1.807) is 54.0 Å². The SMILES string of the molecule is C=CCn1c(CNC(=O)/C=C/c2ccccc2Cl)nnc1SCC(=O)Nc1ccc(C(=O)OCC)cc1. The Morgan fingerprint density at radius 1 is 1.14 bits per heavy atom. The smallest absolute Gasteiger partial charge is 0.338 e. The van der Waals surface area contributed by atoms with Crippen LogP contribution < -0.4 is 10.6 Å². The van der Waals surface area contributed by atoms with Crippen molar-refractivity contribution < 1.29 is 19.1 Å². The van der Waals surface area contributed by atoms with Gasteiger partial charge in [-0.25, -0.2) is 4.79 Å². The molecule has 0 spiro atoms. The van der Waals surface area contributed by atoms with Crippen LogP contribution in [0.2, 0.25) is 5.02 Å². The number of allylic oxidation sites excluding steroid dienone is 1. The lowest BCUT2D eigenvalue weighted by molar-refractivity contribution is -0.116. The predicted molar refractivity (Wildman–Crippen MR) is 144 cm³/mol. The minimum Gasteiger partial charge on any atom is -0.462 e. The number of anilines is 1. The Kier molecular flexibility index (Phi) is 10.5. The Hall–Kier alpha value is -3.89. The monoisotopic (exact) mass is 539 g/mol. The molecular formula is C26H26ClN5O4S. The molecule has 3 aromatic rings. The fraction of sp³-hybridized carbons (Fsp3) is 0.192. The van der Waals surface area contributed by atoms with Gasteiger partial charge in [0.05, 0.1) is 24.5 Å². The first kappa shape index (κ1) is 27.7. The van der Waals surface area contributed by atoms with Crippen molar-refractivity contribution in [3.8, 4) is 0 Å². The summed E-state index contributed by atoms with van der Waals surface area (Å²) in [5.41, 5.74) is 1.70. The van der Waals surface area contributed by atoms with E-state index in [2.05, 4.69) is 27.4 Å². The summed E-state index contributed by atoms with van der Waals surface area (Å²) in [6, 6.07) is 13.7. The van der Waals surface area contributed by atoms with Gasteiger partial charge in [0, 0.05) is 23.3 Å². The van der Waals surface area contributed by atoms with Gasteiger partial charge in [0.2, 0.25) is 11.8 Å². The van der Waals surface area contributed by atoms with Crippen molar-refractivity contribution >= 4 is 52.9 Å². The Labute approximate surface area is 223 Å². The van der Waals surface area contributed by atoms with Gasteiger partial charge in [-0.15, -0.1) is 16.8 Å². The van der Waals surface area contributed by atoms with Gasteiger partial charge in [0.1, 0.15) is 0 Å². The van der Waals surface area contributed by atoms with E-state index < -0.39 is 5.97 Å². The van der Waals surface area contributed by atoms with Crippen LogP contribution in [0, 0.1) is 0 Å². The van der Waals surface area contributed by atoms with E-state index in [4.69, 9.17) is 16.3 Å². The molecule has 0 unspecified atom stereocenters. The van der Waals surface area contributed by atoms with Gasteiger partial charge in [0.15, 0.2) is 11.0 Å². The molecule has 0 saturated carbocycles. The molecule has 2 N–H and O–H groups in total. The number of rotatable bonds is 12.